The highest BCUT2D eigenvalue weighted by Crippen LogP contribution is 2.67. The number of hydrogen-bond acceptors (Lipinski definition) is 9. The van der Waals surface area contributed by atoms with Crippen LogP contribution in [0.15, 0.2) is 28.7 Å². The number of hydrogen-bond donors (Lipinski definition) is 5. The lowest BCUT2D eigenvalue weighted by Crippen LogP contribution is -2.51. The molecule has 0 spiro atoms. The maximum absolute atomic E-state index is 14.4. The number of alkyl carbamates (subject to hydrolysis) is 1. The van der Waals surface area contributed by atoms with Gasteiger partial charge in [0.15, 0.2) is 6.10 Å². The molecule has 1 aromatic heterocycles. The highest BCUT2D eigenvalue weighted by molar-refractivity contribution is 5.92. The van der Waals surface area contributed by atoms with E-state index in [1.165, 1.54) is 50.5 Å². The number of carbonyl (C=O) groups is 3. The van der Waals surface area contributed by atoms with Gasteiger partial charge in [0.05, 0.1) is 6.61 Å². The number of aliphatic hydroxyl groups is 2. The number of anilines is 1. The lowest BCUT2D eigenvalue weighted by Gasteiger charge is -2.58. The van der Waals surface area contributed by atoms with Crippen molar-refractivity contribution < 1.29 is 42.9 Å². The zero-order chi connectivity index (χ0) is 42.0. The summed E-state index contributed by atoms with van der Waals surface area (Å²) in [5.41, 5.74) is 0.880. The number of allylic oxidation sites excluding steroid dienone is 1. The number of nitrogens with zero attached hydrogens (tertiary/aromatic N) is 2. The first-order valence-electron chi connectivity index (χ1n) is 21.6. The Labute approximate surface area is 340 Å². The second-order valence-corrected chi connectivity index (χ2v) is 18.7. The van der Waals surface area contributed by atoms with E-state index in [-0.39, 0.29) is 43.3 Å². The minimum absolute atomic E-state index is 0.129. The van der Waals surface area contributed by atoms with Crippen LogP contribution in [0.1, 0.15) is 124 Å². The Bertz CT molecular complexity index is 1740. The van der Waals surface area contributed by atoms with Gasteiger partial charge in [-0.05, 0) is 97.3 Å². The topological polar surface area (TPSA) is 181 Å². The first-order chi connectivity index (χ1) is 27.5. The maximum atomic E-state index is 14.4. The SMILES string of the molecule is CC(C)CCC[C@@H](C)[C@H]1CCC2C3CC=C4C[C@@H](OC(=O)NCCNC(=O)CCC(=O)Nc5ccn(C6OC(CO)C(O)C6(F)F)c(=O)n5)CC[C@]4(C)C3CC[C@@]21C. The van der Waals surface area contributed by atoms with Crippen molar-refractivity contribution in [2.75, 3.05) is 25.0 Å². The summed E-state index contributed by atoms with van der Waals surface area (Å²) in [5.74, 6) is -0.551. The summed E-state index contributed by atoms with van der Waals surface area (Å²) in [4.78, 5) is 53.5. The van der Waals surface area contributed by atoms with Crippen LogP contribution in [0.3, 0.4) is 0 Å². The van der Waals surface area contributed by atoms with Crippen molar-refractivity contribution in [2.24, 2.45) is 46.3 Å². The molecule has 4 aliphatic carbocycles. The minimum atomic E-state index is -3.87. The number of aliphatic hydroxyl groups excluding tert-OH is 2. The summed E-state index contributed by atoms with van der Waals surface area (Å²) in [6.07, 6.45) is 9.30. The van der Waals surface area contributed by atoms with Crippen LogP contribution < -0.4 is 21.6 Å². The molecule has 5 N–H and O–H groups in total. The Morgan fingerprint density at radius 2 is 1.76 bits per heavy atom. The Morgan fingerprint density at radius 3 is 2.47 bits per heavy atom. The molecule has 58 heavy (non-hydrogen) atoms. The molecule has 6 unspecified atom stereocenters. The standard InChI is InChI=1S/C43H65F2N5O8/c1-25(2)7-6-8-26(3)30-11-12-31-29-10-9-27-23-28(15-18-41(27,4)32(29)16-19-42(30,31)5)57-40(56)47-21-20-46-35(52)13-14-36(53)48-34-17-22-50(39(55)49-34)38-43(44,45)37(54)33(24-51)58-38/h9,17,22,25-26,28-33,37-38,51,54H,6-8,10-16,18-21,23-24H2,1-5H3,(H,46,52)(H,47,56)(H,48,49,53,55)/t26-,28+,29?,30-,31?,32?,33?,37?,38?,41+,42-/m1/s1. The number of ether oxygens (including phenoxy) is 2. The Hall–Kier alpha value is -3.43. The molecule has 3 amide bonds. The molecule has 13 nitrogen and oxygen atoms in total. The summed E-state index contributed by atoms with van der Waals surface area (Å²) in [6.45, 7) is 11.7. The van der Waals surface area contributed by atoms with Crippen LogP contribution in [0.25, 0.3) is 0 Å². The predicted octanol–water partition coefficient (Wildman–Crippen LogP) is 6.10. The largest absolute Gasteiger partial charge is 0.446 e. The van der Waals surface area contributed by atoms with Gasteiger partial charge in [0.25, 0.3) is 0 Å². The smallest absolute Gasteiger partial charge is 0.407 e. The van der Waals surface area contributed by atoms with E-state index in [2.05, 4.69) is 61.6 Å². The molecule has 0 bridgehead atoms. The third kappa shape index (κ3) is 9.16. The molecule has 15 heteroatoms. The zero-order valence-electron chi connectivity index (χ0n) is 34.8. The maximum Gasteiger partial charge on any atom is 0.407 e. The van der Waals surface area contributed by atoms with E-state index in [4.69, 9.17) is 14.6 Å². The normalized spacial score (nSPS) is 34.3. The van der Waals surface area contributed by atoms with E-state index in [0.29, 0.717) is 15.9 Å². The molecule has 11 atom stereocenters. The van der Waals surface area contributed by atoms with Gasteiger partial charge in [-0.2, -0.15) is 13.8 Å². The highest BCUT2D eigenvalue weighted by atomic mass is 19.3. The first kappa shape index (κ1) is 44.1. The number of carbonyl (C=O) groups excluding carboxylic acids is 3. The number of nitrogens with one attached hydrogen (secondary N) is 3. The zero-order valence-corrected chi connectivity index (χ0v) is 34.8. The third-order valence-corrected chi connectivity index (χ3v) is 14.7. The van der Waals surface area contributed by atoms with E-state index in [0.717, 1.165) is 67.5 Å². The van der Waals surface area contributed by atoms with E-state index < -0.39 is 54.6 Å². The summed E-state index contributed by atoms with van der Waals surface area (Å²) in [5, 5.41) is 26.6. The quantitative estimate of drug-likeness (QED) is 0.103. The molecule has 2 heterocycles. The Balaban J connectivity index is 0.888. The van der Waals surface area contributed by atoms with Gasteiger partial charge in [-0.25, -0.2) is 9.59 Å². The highest BCUT2D eigenvalue weighted by Gasteiger charge is 2.60. The second-order valence-electron chi connectivity index (χ2n) is 18.7. The van der Waals surface area contributed by atoms with Gasteiger partial charge < -0.3 is 35.6 Å². The average Bonchev–Trinajstić information content (AvgIpc) is 3.64. The molecule has 3 saturated carbocycles. The number of halogens is 2. The second kappa shape index (κ2) is 18.0. The number of aromatic nitrogens is 2. The van der Waals surface area contributed by atoms with Gasteiger partial charge in [0, 0.05) is 38.5 Å². The van der Waals surface area contributed by atoms with Crippen LogP contribution in [-0.2, 0) is 19.1 Å². The number of rotatable bonds is 15. The average molecular weight is 818 g/mol. The van der Waals surface area contributed by atoms with Crippen molar-refractivity contribution in [1.29, 1.82) is 0 Å². The van der Waals surface area contributed by atoms with Crippen LogP contribution in [0.4, 0.5) is 19.4 Å². The number of fused-ring (bicyclic) bond motifs is 5. The molecule has 1 aliphatic heterocycles. The minimum Gasteiger partial charge on any atom is -0.446 e. The summed E-state index contributed by atoms with van der Waals surface area (Å²) in [6, 6.07) is 1.10. The summed E-state index contributed by atoms with van der Waals surface area (Å²) >= 11 is 0. The van der Waals surface area contributed by atoms with Crippen LogP contribution >= 0.6 is 0 Å². The van der Waals surface area contributed by atoms with E-state index in [1.54, 1.807) is 0 Å². The fourth-order valence-electron chi connectivity index (χ4n) is 11.6. The lowest BCUT2D eigenvalue weighted by molar-refractivity contribution is -0.141. The summed E-state index contributed by atoms with van der Waals surface area (Å²) in [7, 11) is 0. The molecule has 6 rings (SSSR count). The van der Waals surface area contributed by atoms with Crippen molar-refractivity contribution in [1.82, 2.24) is 20.2 Å². The third-order valence-electron chi connectivity index (χ3n) is 14.7. The lowest BCUT2D eigenvalue weighted by atomic mass is 9.47. The fourth-order valence-corrected chi connectivity index (χ4v) is 11.6. The summed E-state index contributed by atoms with van der Waals surface area (Å²) < 4.78 is 40.1. The van der Waals surface area contributed by atoms with Gasteiger partial charge in [-0.3, -0.25) is 14.2 Å². The molecule has 4 fully saturated rings. The predicted molar refractivity (Wildman–Crippen MR) is 213 cm³/mol. The van der Waals surface area contributed by atoms with Crippen molar-refractivity contribution in [3.05, 3.63) is 34.4 Å². The van der Waals surface area contributed by atoms with Crippen molar-refractivity contribution in [3.63, 3.8) is 0 Å². The molecule has 5 aliphatic rings. The molecule has 1 saturated heterocycles. The molecule has 324 valence electrons. The van der Waals surface area contributed by atoms with E-state index in [1.807, 2.05) is 0 Å². The van der Waals surface area contributed by atoms with Crippen LogP contribution in [-0.4, -0.2) is 81.6 Å². The molecular weight excluding hydrogens is 752 g/mol. The van der Waals surface area contributed by atoms with Gasteiger partial charge in [-0.1, -0.05) is 65.5 Å². The fraction of sp³-hybridized carbons (Fsp3) is 0.791. The van der Waals surface area contributed by atoms with Crippen LogP contribution in [0, 0.1) is 46.3 Å². The molecule has 0 aromatic carbocycles. The van der Waals surface area contributed by atoms with Crippen molar-refractivity contribution >= 4 is 23.7 Å². The van der Waals surface area contributed by atoms with Gasteiger partial charge >= 0.3 is 17.7 Å². The Kier molecular flexibility index (Phi) is 13.7. The van der Waals surface area contributed by atoms with Crippen LogP contribution in [0.2, 0.25) is 0 Å². The molecule has 1 aromatic rings. The van der Waals surface area contributed by atoms with Crippen molar-refractivity contribution in [2.45, 2.75) is 149 Å². The Morgan fingerprint density at radius 1 is 1.02 bits per heavy atom. The molecule has 0 radical (unpaired) electrons. The monoisotopic (exact) mass is 817 g/mol. The van der Waals surface area contributed by atoms with Gasteiger partial charge in [-0.15, -0.1) is 0 Å². The molecular formula is C43H65F2N5O8. The van der Waals surface area contributed by atoms with E-state index >= 15 is 0 Å². The van der Waals surface area contributed by atoms with Gasteiger partial charge in [0.1, 0.15) is 18.0 Å². The number of amides is 3. The first-order valence-corrected chi connectivity index (χ1v) is 21.6. The van der Waals surface area contributed by atoms with E-state index in [9.17, 15) is 33.1 Å². The number of alkyl halides is 2. The van der Waals surface area contributed by atoms with Gasteiger partial charge in [0.2, 0.25) is 18.0 Å². The van der Waals surface area contributed by atoms with Crippen molar-refractivity contribution in [3.8, 4) is 0 Å². The van der Waals surface area contributed by atoms with Crippen LogP contribution in [0.5, 0.6) is 0 Å².